The van der Waals surface area contributed by atoms with E-state index in [4.69, 9.17) is 4.74 Å². The van der Waals surface area contributed by atoms with Crippen LogP contribution < -0.4 is 15.4 Å². The molecule has 4 heteroatoms. The summed E-state index contributed by atoms with van der Waals surface area (Å²) in [7, 11) is 0. The van der Waals surface area contributed by atoms with E-state index in [0.717, 1.165) is 35.7 Å². The number of hydrogen-bond donors (Lipinski definition) is 2. The number of nitrogens with one attached hydrogen (secondary N) is 2. The molecule has 0 aliphatic carbocycles. The SMILES string of the molecule is CCNCc1cccc(NC(=O)CCOc2cccc(C)c2C)c1. The second-order valence-corrected chi connectivity index (χ2v) is 5.83. The molecule has 0 radical (unpaired) electrons. The lowest BCUT2D eigenvalue weighted by atomic mass is 10.1. The second-order valence-electron chi connectivity index (χ2n) is 5.83. The monoisotopic (exact) mass is 326 g/mol. The fraction of sp³-hybridized carbons (Fsp3) is 0.350. The predicted molar refractivity (Wildman–Crippen MR) is 98.5 cm³/mol. The number of rotatable bonds is 8. The van der Waals surface area contributed by atoms with Gasteiger partial charge in [0.05, 0.1) is 13.0 Å². The fourth-order valence-corrected chi connectivity index (χ4v) is 2.39. The van der Waals surface area contributed by atoms with Crippen molar-refractivity contribution in [2.45, 2.75) is 33.7 Å². The number of benzene rings is 2. The van der Waals surface area contributed by atoms with E-state index in [1.807, 2.05) is 43.3 Å². The van der Waals surface area contributed by atoms with E-state index in [9.17, 15) is 4.79 Å². The van der Waals surface area contributed by atoms with E-state index in [-0.39, 0.29) is 5.91 Å². The maximum absolute atomic E-state index is 12.1. The van der Waals surface area contributed by atoms with Crippen LogP contribution in [0.1, 0.15) is 30.0 Å². The Morgan fingerprint density at radius 1 is 1.12 bits per heavy atom. The highest BCUT2D eigenvalue weighted by Crippen LogP contribution is 2.20. The maximum Gasteiger partial charge on any atom is 0.227 e. The van der Waals surface area contributed by atoms with E-state index in [0.29, 0.717) is 13.0 Å². The number of hydrogen-bond acceptors (Lipinski definition) is 3. The Kier molecular flexibility index (Phi) is 6.82. The van der Waals surface area contributed by atoms with Gasteiger partial charge in [0.25, 0.3) is 0 Å². The number of carbonyl (C=O) groups excluding carboxylic acids is 1. The van der Waals surface area contributed by atoms with Gasteiger partial charge in [0, 0.05) is 12.2 Å². The quantitative estimate of drug-likeness (QED) is 0.775. The third-order valence-corrected chi connectivity index (χ3v) is 3.93. The van der Waals surface area contributed by atoms with E-state index in [1.165, 1.54) is 5.56 Å². The molecule has 0 unspecified atom stereocenters. The van der Waals surface area contributed by atoms with Crippen LogP contribution in [0.2, 0.25) is 0 Å². The number of ether oxygens (including phenoxy) is 1. The molecule has 0 aromatic heterocycles. The molecule has 0 aliphatic rings. The molecule has 2 aromatic carbocycles. The Bertz CT molecular complexity index is 683. The normalized spacial score (nSPS) is 10.5. The zero-order chi connectivity index (χ0) is 17.4. The summed E-state index contributed by atoms with van der Waals surface area (Å²) in [5, 5.41) is 6.20. The summed E-state index contributed by atoms with van der Waals surface area (Å²) in [6, 6.07) is 13.8. The first kappa shape index (κ1) is 18.0. The second kappa shape index (κ2) is 9.08. The Morgan fingerprint density at radius 2 is 1.92 bits per heavy atom. The van der Waals surface area contributed by atoms with Crippen LogP contribution in [-0.4, -0.2) is 19.1 Å². The summed E-state index contributed by atoms with van der Waals surface area (Å²) >= 11 is 0. The maximum atomic E-state index is 12.1. The average Bonchev–Trinajstić information content (AvgIpc) is 2.57. The van der Waals surface area contributed by atoms with Gasteiger partial charge in [-0.05, 0) is 55.3 Å². The third-order valence-electron chi connectivity index (χ3n) is 3.93. The highest BCUT2D eigenvalue weighted by atomic mass is 16.5. The number of anilines is 1. The molecule has 0 spiro atoms. The fourth-order valence-electron chi connectivity index (χ4n) is 2.39. The molecular weight excluding hydrogens is 300 g/mol. The van der Waals surface area contributed by atoms with Crippen molar-refractivity contribution in [1.29, 1.82) is 0 Å². The smallest absolute Gasteiger partial charge is 0.227 e. The molecule has 2 rings (SSSR count). The van der Waals surface area contributed by atoms with Gasteiger partial charge in [-0.3, -0.25) is 4.79 Å². The Balaban J connectivity index is 1.82. The molecule has 0 fully saturated rings. The molecule has 0 bridgehead atoms. The van der Waals surface area contributed by atoms with Crippen LogP contribution in [0, 0.1) is 13.8 Å². The van der Waals surface area contributed by atoms with Gasteiger partial charge in [-0.2, -0.15) is 0 Å². The van der Waals surface area contributed by atoms with Crippen molar-refractivity contribution in [2.24, 2.45) is 0 Å². The minimum absolute atomic E-state index is 0.0408. The Hall–Kier alpha value is -2.33. The van der Waals surface area contributed by atoms with Gasteiger partial charge >= 0.3 is 0 Å². The van der Waals surface area contributed by atoms with E-state index in [2.05, 4.69) is 30.5 Å². The molecule has 0 saturated heterocycles. The molecule has 0 saturated carbocycles. The van der Waals surface area contributed by atoms with Gasteiger partial charge < -0.3 is 15.4 Å². The van der Waals surface area contributed by atoms with Gasteiger partial charge in [-0.25, -0.2) is 0 Å². The van der Waals surface area contributed by atoms with Crippen molar-refractivity contribution in [3.05, 3.63) is 59.2 Å². The Labute approximate surface area is 144 Å². The van der Waals surface area contributed by atoms with Crippen LogP contribution in [0.5, 0.6) is 5.75 Å². The first-order chi connectivity index (χ1) is 11.6. The van der Waals surface area contributed by atoms with Crippen molar-refractivity contribution in [3.63, 3.8) is 0 Å². The Morgan fingerprint density at radius 3 is 2.71 bits per heavy atom. The molecule has 2 aromatic rings. The summed E-state index contributed by atoms with van der Waals surface area (Å²) in [6.07, 6.45) is 0.324. The minimum atomic E-state index is -0.0408. The molecule has 128 valence electrons. The standard InChI is InChI=1S/C20H26N2O2/c1-4-21-14-17-8-6-9-18(13-17)22-20(23)11-12-24-19-10-5-7-15(2)16(19)3/h5-10,13,21H,4,11-12,14H2,1-3H3,(H,22,23). The third kappa shape index (κ3) is 5.39. The van der Waals surface area contributed by atoms with Crippen LogP contribution in [0.3, 0.4) is 0 Å². The number of amides is 1. The first-order valence-electron chi connectivity index (χ1n) is 8.38. The van der Waals surface area contributed by atoms with E-state index >= 15 is 0 Å². The van der Waals surface area contributed by atoms with Gasteiger partial charge in [0.15, 0.2) is 0 Å². The molecule has 0 heterocycles. The van der Waals surface area contributed by atoms with E-state index in [1.54, 1.807) is 0 Å². The lowest BCUT2D eigenvalue weighted by Gasteiger charge is -2.11. The van der Waals surface area contributed by atoms with E-state index < -0.39 is 0 Å². The summed E-state index contributed by atoms with van der Waals surface area (Å²) in [5.74, 6) is 0.802. The van der Waals surface area contributed by atoms with Crippen LogP contribution in [0.4, 0.5) is 5.69 Å². The minimum Gasteiger partial charge on any atom is -0.493 e. The largest absolute Gasteiger partial charge is 0.493 e. The molecule has 2 N–H and O–H groups in total. The van der Waals surface area contributed by atoms with Crippen LogP contribution in [0.15, 0.2) is 42.5 Å². The van der Waals surface area contributed by atoms with Crippen molar-refractivity contribution in [3.8, 4) is 5.75 Å². The molecule has 1 amide bonds. The van der Waals surface area contributed by atoms with Crippen LogP contribution in [-0.2, 0) is 11.3 Å². The highest BCUT2D eigenvalue weighted by Gasteiger charge is 2.06. The van der Waals surface area contributed by atoms with Gasteiger partial charge in [0.2, 0.25) is 5.91 Å². The van der Waals surface area contributed by atoms with Crippen LogP contribution >= 0.6 is 0 Å². The van der Waals surface area contributed by atoms with Crippen LogP contribution in [0.25, 0.3) is 0 Å². The van der Waals surface area contributed by atoms with Crippen molar-refractivity contribution >= 4 is 11.6 Å². The van der Waals surface area contributed by atoms with Gasteiger partial charge in [-0.1, -0.05) is 31.2 Å². The molecule has 0 aliphatic heterocycles. The topological polar surface area (TPSA) is 50.4 Å². The summed E-state index contributed by atoms with van der Waals surface area (Å²) in [6.45, 7) is 8.24. The predicted octanol–water partition coefficient (Wildman–Crippen LogP) is 3.82. The lowest BCUT2D eigenvalue weighted by Crippen LogP contribution is -2.16. The number of aryl methyl sites for hydroxylation is 1. The summed E-state index contributed by atoms with van der Waals surface area (Å²) in [5.41, 5.74) is 4.28. The average molecular weight is 326 g/mol. The summed E-state index contributed by atoms with van der Waals surface area (Å²) in [4.78, 5) is 12.1. The zero-order valence-corrected chi connectivity index (χ0v) is 14.7. The zero-order valence-electron chi connectivity index (χ0n) is 14.7. The number of carbonyl (C=O) groups is 1. The molecular formula is C20H26N2O2. The first-order valence-corrected chi connectivity index (χ1v) is 8.38. The van der Waals surface area contributed by atoms with Crippen molar-refractivity contribution in [1.82, 2.24) is 5.32 Å². The molecule has 4 nitrogen and oxygen atoms in total. The molecule has 24 heavy (non-hydrogen) atoms. The van der Waals surface area contributed by atoms with Gasteiger partial charge in [-0.15, -0.1) is 0 Å². The lowest BCUT2D eigenvalue weighted by molar-refractivity contribution is -0.116. The van der Waals surface area contributed by atoms with Crippen molar-refractivity contribution < 1.29 is 9.53 Å². The van der Waals surface area contributed by atoms with Crippen molar-refractivity contribution in [2.75, 3.05) is 18.5 Å². The van der Waals surface area contributed by atoms with Gasteiger partial charge in [0.1, 0.15) is 5.75 Å². The highest BCUT2D eigenvalue weighted by molar-refractivity contribution is 5.90. The summed E-state index contributed by atoms with van der Waals surface area (Å²) < 4.78 is 5.73. The molecule has 0 atom stereocenters.